The van der Waals surface area contributed by atoms with E-state index in [4.69, 9.17) is 22.1 Å². The van der Waals surface area contributed by atoms with Gasteiger partial charge in [0.2, 0.25) is 0 Å². The Labute approximate surface area is 119 Å². The zero-order valence-corrected chi connectivity index (χ0v) is 11.9. The van der Waals surface area contributed by atoms with E-state index in [2.05, 4.69) is 0 Å². The summed E-state index contributed by atoms with van der Waals surface area (Å²) in [5.41, 5.74) is 7.95. The van der Waals surface area contributed by atoms with Crippen LogP contribution >= 0.6 is 11.6 Å². The van der Waals surface area contributed by atoms with Crippen LogP contribution in [0, 0.1) is 0 Å². The zero-order valence-electron chi connectivity index (χ0n) is 11.2. The number of hydrogen-bond acceptors (Lipinski definition) is 2. The first-order valence-corrected chi connectivity index (χ1v) is 6.58. The molecule has 0 fully saturated rings. The third-order valence-electron chi connectivity index (χ3n) is 3.24. The van der Waals surface area contributed by atoms with Gasteiger partial charge < -0.3 is 10.5 Å². The first-order valence-electron chi connectivity index (χ1n) is 6.20. The molecule has 1 unspecified atom stereocenters. The number of benzene rings is 2. The van der Waals surface area contributed by atoms with Crippen molar-refractivity contribution in [1.82, 2.24) is 0 Å². The van der Waals surface area contributed by atoms with Crippen LogP contribution < -0.4 is 10.5 Å². The fourth-order valence-corrected chi connectivity index (χ4v) is 2.62. The molecule has 0 bridgehead atoms. The van der Waals surface area contributed by atoms with Gasteiger partial charge >= 0.3 is 0 Å². The van der Waals surface area contributed by atoms with Crippen LogP contribution in [0.1, 0.15) is 18.1 Å². The summed E-state index contributed by atoms with van der Waals surface area (Å²) in [6, 6.07) is 15.6. The standard InChI is InChI=1S/C16H18ClNO/c1-16(18,13-8-4-5-9-14(13)17)11-12-7-3-6-10-15(12)19-2/h3-10H,11,18H2,1-2H3. The molecule has 1 atom stereocenters. The molecule has 19 heavy (non-hydrogen) atoms. The van der Waals surface area contributed by atoms with Gasteiger partial charge in [-0.1, -0.05) is 48.0 Å². The highest BCUT2D eigenvalue weighted by molar-refractivity contribution is 6.31. The third kappa shape index (κ3) is 3.09. The molecule has 0 heterocycles. The van der Waals surface area contributed by atoms with Crippen molar-refractivity contribution in [3.63, 3.8) is 0 Å². The van der Waals surface area contributed by atoms with Crippen molar-refractivity contribution >= 4 is 11.6 Å². The van der Waals surface area contributed by atoms with E-state index in [0.717, 1.165) is 16.9 Å². The molecule has 2 aromatic rings. The van der Waals surface area contributed by atoms with Crippen molar-refractivity contribution in [2.75, 3.05) is 7.11 Å². The van der Waals surface area contributed by atoms with Gasteiger partial charge in [-0.05, 0) is 36.6 Å². The van der Waals surface area contributed by atoms with Crippen LogP contribution in [-0.4, -0.2) is 7.11 Å². The minimum atomic E-state index is -0.535. The van der Waals surface area contributed by atoms with Crippen molar-refractivity contribution in [3.05, 3.63) is 64.7 Å². The number of rotatable bonds is 4. The maximum absolute atomic E-state index is 6.45. The van der Waals surface area contributed by atoms with E-state index in [1.165, 1.54) is 0 Å². The minimum Gasteiger partial charge on any atom is -0.496 e. The van der Waals surface area contributed by atoms with Gasteiger partial charge in [0.25, 0.3) is 0 Å². The summed E-state index contributed by atoms with van der Waals surface area (Å²) in [5, 5.41) is 0.697. The Morgan fingerprint density at radius 2 is 1.74 bits per heavy atom. The number of halogens is 1. The molecule has 0 aliphatic carbocycles. The van der Waals surface area contributed by atoms with E-state index in [0.29, 0.717) is 11.4 Å². The quantitative estimate of drug-likeness (QED) is 0.922. The molecule has 100 valence electrons. The minimum absolute atomic E-state index is 0.535. The van der Waals surface area contributed by atoms with Crippen molar-refractivity contribution in [3.8, 4) is 5.75 Å². The highest BCUT2D eigenvalue weighted by Gasteiger charge is 2.25. The summed E-state index contributed by atoms with van der Waals surface area (Å²) in [6.45, 7) is 1.99. The lowest BCUT2D eigenvalue weighted by Crippen LogP contribution is -2.35. The fourth-order valence-electron chi connectivity index (χ4n) is 2.26. The number of para-hydroxylation sites is 1. The Bertz CT molecular complexity index is 566. The maximum atomic E-state index is 6.45. The van der Waals surface area contributed by atoms with Crippen LogP contribution in [0.15, 0.2) is 48.5 Å². The molecule has 0 aliphatic rings. The van der Waals surface area contributed by atoms with Gasteiger partial charge in [-0.25, -0.2) is 0 Å². The summed E-state index contributed by atoms with van der Waals surface area (Å²) >= 11 is 6.24. The van der Waals surface area contributed by atoms with Crippen LogP contribution in [0.2, 0.25) is 5.02 Å². The molecule has 0 amide bonds. The highest BCUT2D eigenvalue weighted by Crippen LogP contribution is 2.31. The van der Waals surface area contributed by atoms with E-state index in [-0.39, 0.29) is 0 Å². The molecular formula is C16H18ClNO. The normalized spacial score (nSPS) is 13.9. The highest BCUT2D eigenvalue weighted by atomic mass is 35.5. The van der Waals surface area contributed by atoms with Gasteiger partial charge in [-0.3, -0.25) is 0 Å². The lowest BCUT2D eigenvalue weighted by Gasteiger charge is -2.27. The van der Waals surface area contributed by atoms with E-state index < -0.39 is 5.54 Å². The number of ether oxygens (including phenoxy) is 1. The Kier molecular flexibility index (Phi) is 4.13. The molecule has 2 aromatic carbocycles. The average molecular weight is 276 g/mol. The molecule has 0 saturated heterocycles. The van der Waals surface area contributed by atoms with Crippen molar-refractivity contribution in [1.29, 1.82) is 0 Å². The number of methoxy groups -OCH3 is 1. The first kappa shape index (κ1) is 13.9. The predicted molar refractivity (Wildman–Crippen MR) is 79.7 cm³/mol. The summed E-state index contributed by atoms with van der Waals surface area (Å²) in [7, 11) is 1.67. The molecular weight excluding hydrogens is 258 g/mol. The Morgan fingerprint density at radius 3 is 2.42 bits per heavy atom. The predicted octanol–water partition coefficient (Wildman–Crippen LogP) is 3.77. The Morgan fingerprint density at radius 1 is 1.11 bits per heavy atom. The molecule has 3 heteroatoms. The van der Waals surface area contributed by atoms with E-state index in [1.807, 2.05) is 55.5 Å². The lowest BCUT2D eigenvalue weighted by molar-refractivity contribution is 0.400. The van der Waals surface area contributed by atoms with E-state index >= 15 is 0 Å². The summed E-state index contributed by atoms with van der Waals surface area (Å²) in [6.07, 6.45) is 0.667. The molecule has 2 N–H and O–H groups in total. The Balaban J connectivity index is 2.34. The molecule has 0 radical (unpaired) electrons. The van der Waals surface area contributed by atoms with Crippen LogP contribution in [0.3, 0.4) is 0 Å². The second-order valence-corrected chi connectivity index (χ2v) is 5.29. The van der Waals surface area contributed by atoms with E-state index in [9.17, 15) is 0 Å². The second-order valence-electron chi connectivity index (χ2n) is 4.89. The first-order chi connectivity index (χ1) is 9.04. The lowest BCUT2D eigenvalue weighted by atomic mass is 9.86. The van der Waals surface area contributed by atoms with Crippen molar-refractivity contribution in [2.45, 2.75) is 18.9 Å². The maximum Gasteiger partial charge on any atom is 0.122 e. The molecule has 0 aromatic heterocycles. The fraction of sp³-hybridized carbons (Fsp3) is 0.250. The summed E-state index contributed by atoms with van der Waals surface area (Å²) < 4.78 is 5.37. The van der Waals surface area contributed by atoms with Gasteiger partial charge in [-0.15, -0.1) is 0 Å². The molecule has 0 spiro atoms. The SMILES string of the molecule is COc1ccccc1CC(C)(N)c1ccccc1Cl. The molecule has 2 nitrogen and oxygen atoms in total. The van der Waals surface area contributed by atoms with Crippen LogP contribution in [0.5, 0.6) is 5.75 Å². The van der Waals surface area contributed by atoms with Crippen LogP contribution in [-0.2, 0) is 12.0 Å². The van der Waals surface area contributed by atoms with Gasteiger partial charge in [0.1, 0.15) is 5.75 Å². The molecule has 0 aliphatic heterocycles. The van der Waals surface area contributed by atoms with Gasteiger partial charge in [-0.2, -0.15) is 0 Å². The largest absolute Gasteiger partial charge is 0.496 e. The number of nitrogens with two attached hydrogens (primary N) is 1. The molecule has 0 saturated carbocycles. The topological polar surface area (TPSA) is 35.2 Å². The monoisotopic (exact) mass is 275 g/mol. The van der Waals surface area contributed by atoms with Crippen molar-refractivity contribution in [2.24, 2.45) is 5.73 Å². The number of hydrogen-bond donors (Lipinski definition) is 1. The zero-order chi connectivity index (χ0) is 13.9. The van der Waals surface area contributed by atoms with Crippen molar-refractivity contribution < 1.29 is 4.74 Å². The van der Waals surface area contributed by atoms with E-state index in [1.54, 1.807) is 7.11 Å². The van der Waals surface area contributed by atoms with Crippen LogP contribution in [0.4, 0.5) is 0 Å². The van der Waals surface area contributed by atoms with Crippen LogP contribution in [0.25, 0.3) is 0 Å². The third-order valence-corrected chi connectivity index (χ3v) is 3.57. The Hall–Kier alpha value is -1.51. The molecule has 2 rings (SSSR count). The second kappa shape index (κ2) is 5.64. The summed E-state index contributed by atoms with van der Waals surface area (Å²) in [5.74, 6) is 0.853. The summed E-state index contributed by atoms with van der Waals surface area (Å²) in [4.78, 5) is 0. The van der Waals surface area contributed by atoms with Gasteiger partial charge in [0, 0.05) is 10.6 Å². The average Bonchev–Trinajstić information content (AvgIpc) is 2.39. The van der Waals surface area contributed by atoms with Gasteiger partial charge in [0.05, 0.1) is 7.11 Å². The van der Waals surface area contributed by atoms with Gasteiger partial charge in [0.15, 0.2) is 0 Å². The smallest absolute Gasteiger partial charge is 0.122 e.